The number of carbonyl (C=O) groups is 1. The Balaban J connectivity index is 1.93. The van der Waals surface area contributed by atoms with Gasteiger partial charge in [-0.3, -0.25) is 0 Å². The lowest BCUT2D eigenvalue weighted by Gasteiger charge is -2.25. The number of carbonyl (C=O) groups excluding carboxylic acids is 1. The minimum absolute atomic E-state index is 0.356. The number of nitrogen functional groups attached to an aromatic ring is 1. The van der Waals surface area contributed by atoms with Gasteiger partial charge in [0.2, 0.25) is 0 Å². The molecule has 110 valence electrons. The molecule has 0 bridgehead atoms. The van der Waals surface area contributed by atoms with Crippen LogP contribution in [0.5, 0.6) is 0 Å². The third kappa shape index (κ3) is 2.86. The average Bonchev–Trinajstić information content (AvgIpc) is 3.21. The van der Waals surface area contributed by atoms with Gasteiger partial charge in [-0.15, -0.1) is 0 Å². The van der Waals surface area contributed by atoms with E-state index in [-0.39, 0.29) is 5.97 Å². The Morgan fingerprint density at radius 1 is 1.43 bits per heavy atom. The summed E-state index contributed by atoms with van der Waals surface area (Å²) < 4.78 is 10.2. The Kier molecular flexibility index (Phi) is 3.56. The highest BCUT2D eigenvalue weighted by atomic mass is 16.5. The standard InChI is InChI=1S/C16H18N2O3/c1-20-16(19)11-4-7-14(17)15(9-11)18(12-5-6-12)10-13-3-2-8-21-13/h2-4,7-9,12H,5-6,10,17H2,1H3. The molecule has 0 radical (unpaired) electrons. The summed E-state index contributed by atoms with van der Waals surface area (Å²) in [6.45, 7) is 0.645. The number of hydrogen-bond acceptors (Lipinski definition) is 5. The summed E-state index contributed by atoms with van der Waals surface area (Å²) in [5, 5.41) is 0. The van der Waals surface area contributed by atoms with Crippen LogP contribution in [0, 0.1) is 0 Å². The van der Waals surface area contributed by atoms with Gasteiger partial charge in [0.05, 0.1) is 36.9 Å². The predicted molar refractivity (Wildman–Crippen MR) is 80.1 cm³/mol. The van der Waals surface area contributed by atoms with E-state index < -0.39 is 0 Å². The Hall–Kier alpha value is -2.43. The summed E-state index contributed by atoms with van der Waals surface area (Å²) in [7, 11) is 1.37. The molecule has 2 N–H and O–H groups in total. The minimum atomic E-state index is -0.356. The first kappa shape index (κ1) is 13.5. The largest absolute Gasteiger partial charge is 0.467 e. The second-order valence-electron chi connectivity index (χ2n) is 5.20. The van der Waals surface area contributed by atoms with Crippen molar-refractivity contribution in [1.29, 1.82) is 0 Å². The highest BCUT2D eigenvalue weighted by molar-refractivity contribution is 5.92. The van der Waals surface area contributed by atoms with Gasteiger partial charge in [0, 0.05) is 6.04 Å². The van der Waals surface area contributed by atoms with Gasteiger partial charge in [-0.1, -0.05) is 0 Å². The van der Waals surface area contributed by atoms with Gasteiger partial charge in [0.15, 0.2) is 0 Å². The Morgan fingerprint density at radius 3 is 2.86 bits per heavy atom. The van der Waals surface area contributed by atoms with Crippen LogP contribution in [0.1, 0.15) is 29.0 Å². The summed E-state index contributed by atoms with van der Waals surface area (Å²) in [6, 6.07) is 9.49. The van der Waals surface area contributed by atoms with E-state index >= 15 is 0 Å². The van der Waals surface area contributed by atoms with Gasteiger partial charge in [-0.2, -0.15) is 0 Å². The SMILES string of the molecule is COC(=O)c1ccc(N)c(N(Cc2ccco2)C2CC2)c1. The molecule has 1 saturated carbocycles. The van der Waals surface area contributed by atoms with Crippen LogP contribution in [-0.2, 0) is 11.3 Å². The summed E-state index contributed by atoms with van der Waals surface area (Å²) >= 11 is 0. The molecule has 3 rings (SSSR count). The molecular weight excluding hydrogens is 268 g/mol. The lowest BCUT2D eigenvalue weighted by atomic mass is 10.1. The van der Waals surface area contributed by atoms with Crippen LogP contribution in [0.4, 0.5) is 11.4 Å². The van der Waals surface area contributed by atoms with Crippen LogP contribution < -0.4 is 10.6 Å². The van der Waals surface area contributed by atoms with Gasteiger partial charge in [0.1, 0.15) is 5.76 Å². The van der Waals surface area contributed by atoms with Crippen molar-refractivity contribution < 1.29 is 13.9 Å². The van der Waals surface area contributed by atoms with Crippen molar-refractivity contribution in [3.63, 3.8) is 0 Å². The molecule has 0 amide bonds. The lowest BCUT2D eigenvalue weighted by molar-refractivity contribution is 0.0601. The number of ether oxygens (including phenoxy) is 1. The Bertz CT molecular complexity index is 633. The second-order valence-corrected chi connectivity index (χ2v) is 5.20. The maximum Gasteiger partial charge on any atom is 0.337 e. The Morgan fingerprint density at radius 2 is 2.24 bits per heavy atom. The highest BCUT2D eigenvalue weighted by Gasteiger charge is 2.31. The molecule has 21 heavy (non-hydrogen) atoms. The third-order valence-corrected chi connectivity index (χ3v) is 3.65. The Labute approximate surface area is 123 Å². The van der Waals surface area contributed by atoms with Crippen LogP contribution in [0.2, 0.25) is 0 Å². The molecule has 5 nitrogen and oxygen atoms in total. The van der Waals surface area contributed by atoms with Crippen molar-refractivity contribution in [2.24, 2.45) is 0 Å². The topological polar surface area (TPSA) is 68.7 Å². The van der Waals surface area contributed by atoms with E-state index in [0.29, 0.717) is 23.8 Å². The van der Waals surface area contributed by atoms with E-state index in [2.05, 4.69) is 4.90 Å². The molecular formula is C16H18N2O3. The van der Waals surface area contributed by atoms with Crippen molar-refractivity contribution in [2.45, 2.75) is 25.4 Å². The van der Waals surface area contributed by atoms with Gasteiger partial charge < -0.3 is 19.8 Å². The van der Waals surface area contributed by atoms with Gasteiger partial charge in [-0.05, 0) is 43.2 Å². The van der Waals surface area contributed by atoms with Crippen molar-refractivity contribution in [1.82, 2.24) is 0 Å². The summed E-state index contributed by atoms with van der Waals surface area (Å²) in [5.74, 6) is 0.523. The third-order valence-electron chi connectivity index (χ3n) is 3.65. The fourth-order valence-electron chi connectivity index (χ4n) is 2.40. The number of methoxy groups -OCH3 is 1. The molecule has 2 aromatic rings. The molecule has 1 heterocycles. The fourth-order valence-corrected chi connectivity index (χ4v) is 2.40. The highest BCUT2D eigenvalue weighted by Crippen LogP contribution is 2.36. The number of esters is 1. The van der Waals surface area contributed by atoms with Gasteiger partial charge in [-0.25, -0.2) is 4.79 Å². The zero-order chi connectivity index (χ0) is 14.8. The monoisotopic (exact) mass is 286 g/mol. The van der Waals surface area contributed by atoms with E-state index in [1.165, 1.54) is 7.11 Å². The zero-order valence-corrected chi connectivity index (χ0v) is 11.9. The zero-order valence-electron chi connectivity index (χ0n) is 11.9. The van der Waals surface area contributed by atoms with Crippen LogP contribution in [-0.4, -0.2) is 19.1 Å². The molecule has 0 aliphatic heterocycles. The van der Waals surface area contributed by atoms with Crippen LogP contribution in [0.25, 0.3) is 0 Å². The molecule has 1 aromatic heterocycles. The van der Waals surface area contributed by atoms with Crippen molar-refractivity contribution in [2.75, 3.05) is 17.7 Å². The van der Waals surface area contributed by atoms with E-state index in [1.807, 2.05) is 12.1 Å². The van der Waals surface area contributed by atoms with E-state index in [1.54, 1.807) is 24.5 Å². The molecule has 0 spiro atoms. The van der Waals surface area contributed by atoms with Crippen molar-refractivity contribution >= 4 is 17.3 Å². The second kappa shape index (κ2) is 5.52. The molecule has 1 aliphatic rings. The molecule has 1 fully saturated rings. The first-order valence-electron chi connectivity index (χ1n) is 6.96. The first-order valence-corrected chi connectivity index (χ1v) is 6.96. The van der Waals surface area contributed by atoms with Gasteiger partial charge >= 0.3 is 5.97 Å². The smallest absolute Gasteiger partial charge is 0.337 e. The maximum absolute atomic E-state index is 11.7. The summed E-state index contributed by atoms with van der Waals surface area (Å²) in [6.07, 6.45) is 3.92. The number of rotatable bonds is 5. The summed E-state index contributed by atoms with van der Waals surface area (Å²) in [4.78, 5) is 13.9. The van der Waals surface area contributed by atoms with E-state index in [0.717, 1.165) is 24.3 Å². The molecule has 5 heteroatoms. The normalized spacial score (nSPS) is 14.0. The van der Waals surface area contributed by atoms with E-state index in [9.17, 15) is 4.79 Å². The molecule has 1 aromatic carbocycles. The predicted octanol–water partition coefficient (Wildman–Crippen LogP) is 2.82. The number of furan rings is 1. The number of nitrogens with two attached hydrogens (primary N) is 1. The minimum Gasteiger partial charge on any atom is -0.467 e. The average molecular weight is 286 g/mol. The molecule has 0 unspecified atom stereocenters. The van der Waals surface area contributed by atoms with Crippen molar-refractivity contribution in [3.8, 4) is 0 Å². The fraction of sp³-hybridized carbons (Fsp3) is 0.312. The number of anilines is 2. The van der Waals surface area contributed by atoms with Crippen molar-refractivity contribution in [3.05, 3.63) is 47.9 Å². The number of hydrogen-bond donors (Lipinski definition) is 1. The number of benzene rings is 1. The number of nitrogens with zero attached hydrogens (tertiary/aromatic N) is 1. The molecule has 0 atom stereocenters. The maximum atomic E-state index is 11.7. The first-order chi connectivity index (χ1) is 10.2. The van der Waals surface area contributed by atoms with Crippen LogP contribution in [0.3, 0.4) is 0 Å². The van der Waals surface area contributed by atoms with E-state index in [4.69, 9.17) is 14.9 Å². The molecule has 1 aliphatic carbocycles. The van der Waals surface area contributed by atoms with Crippen LogP contribution >= 0.6 is 0 Å². The molecule has 0 saturated heterocycles. The summed E-state index contributed by atoms with van der Waals surface area (Å²) in [5.41, 5.74) is 8.12. The van der Waals surface area contributed by atoms with Gasteiger partial charge in [0.25, 0.3) is 0 Å². The quantitative estimate of drug-likeness (QED) is 0.676. The van der Waals surface area contributed by atoms with Crippen LogP contribution in [0.15, 0.2) is 41.0 Å². The lowest BCUT2D eigenvalue weighted by Crippen LogP contribution is -2.26.